The van der Waals surface area contributed by atoms with Gasteiger partial charge in [0.2, 0.25) is 5.95 Å². The standard InChI is InChI=1S/C30H38F3N5O3Si/c1-29(2,3)41-28(39)37-27-35-23-12-13-34-26(25(23)36-27)24-17-21(18-38(24)19-40-14-15-42(4,5)6)11-10-20-8-7-9-22(16-20)30(31,32)33/h7-9,12-13,16-18H,10-11,14-15,19H2,1-6H3,(H2,35,36,37,39). The van der Waals surface area contributed by atoms with Gasteiger partial charge in [-0.15, -0.1) is 0 Å². The molecule has 2 N–H and O–H groups in total. The van der Waals surface area contributed by atoms with Crippen LogP contribution in [0.15, 0.2) is 48.8 Å². The van der Waals surface area contributed by atoms with Crippen LogP contribution >= 0.6 is 0 Å². The van der Waals surface area contributed by atoms with E-state index in [1.54, 1.807) is 39.1 Å². The van der Waals surface area contributed by atoms with E-state index in [1.165, 1.54) is 12.1 Å². The average Bonchev–Trinajstić information content (AvgIpc) is 3.46. The van der Waals surface area contributed by atoms with E-state index in [0.717, 1.165) is 23.4 Å². The minimum Gasteiger partial charge on any atom is -0.444 e. The molecule has 226 valence electrons. The van der Waals surface area contributed by atoms with Gasteiger partial charge in [0.05, 0.1) is 16.8 Å². The molecule has 4 aromatic rings. The van der Waals surface area contributed by atoms with Gasteiger partial charge in [-0.1, -0.05) is 37.8 Å². The van der Waals surface area contributed by atoms with E-state index in [-0.39, 0.29) is 12.7 Å². The van der Waals surface area contributed by atoms with Gasteiger partial charge in [-0.25, -0.2) is 9.78 Å². The Morgan fingerprint density at radius 1 is 1.07 bits per heavy atom. The van der Waals surface area contributed by atoms with Gasteiger partial charge in [-0.05, 0) is 69.0 Å². The minimum absolute atomic E-state index is 0.225. The highest BCUT2D eigenvalue weighted by Gasteiger charge is 2.30. The van der Waals surface area contributed by atoms with Crippen LogP contribution in [-0.4, -0.2) is 45.9 Å². The maximum absolute atomic E-state index is 13.2. The Kier molecular flexibility index (Phi) is 9.17. The summed E-state index contributed by atoms with van der Waals surface area (Å²) in [7, 11) is -1.28. The number of carbonyl (C=O) groups excluding carboxylic acids is 1. The Balaban J connectivity index is 1.61. The van der Waals surface area contributed by atoms with Gasteiger partial charge in [0.25, 0.3) is 0 Å². The summed E-state index contributed by atoms with van der Waals surface area (Å²) in [6.07, 6.45) is -0.452. The lowest BCUT2D eigenvalue weighted by molar-refractivity contribution is -0.137. The fourth-order valence-corrected chi connectivity index (χ4v) is 5.09. The van der Waals surface area contributed by atoms with Crippen LogP contribution in [-0.2, 0) is 35.2 Å². The number of nitrogens with one attached hydrogen (secondary N) is 2. The quantitative estimate of drug-likeness (QED) is 0.142. The molecule has 1 amide bonds. The first-order chi connectivity index (χ1) is 19.6. The molecule has 42 heavy (non-hydrogen) atoms. The zero-order chi connectivity index (χ0) is 30.7. The van der Waals surface area contributed by atoms with Crippen LogP contribution in [0.25, 0.3) is 22.4 Å². The van der Waals surface area contributed by atoms with Crippen molar-refractivity contribution in [1.82, 2.24) is 19.5 Å². The van der Waals surface area contributed by atoms with E-state index < -0.39 is 31.5 Å². The number of rotatable bonds is 10. The molecule has 8 nitrogen and oxygen atoms in total. The molecule has 0 radical (unpaired) electrons. The second kappa shape index (κ2) is 12.3. The molecule has 0 aliphatic rings. The number of nitrogens with zero attached hydrogens (tertiary/aromatic N) is 3. The molecule has 0 aliphatic heterocycles. The summed E-state index contributed by atoms with van der Waals surface area (Å²) in [6, 6.07) is 10.2. The lowest BCUT2D eigenvalue weighted by Gasteiger charge is -2.18. The summed E-state index contributed by atoms with van der Waals surface area (Å²) >= 11 is 0. The minimum atomic E-state index is -4.38. The van der Waals surface area contributed by atoms with Gasteiger partial charge < -0.3 is 19.0 Å². The van der Waals surface area contributed by atoms with Crippen molar-refractivity contribution in [3.63, 3.8) is 0 Å². The highest BCUT2D eigenvalue weighted by molar-refractivity contribution is 6.76. The number of alkyl halides is 3. The number of benzene rings is 1. The third-order valence-electron chi connectivity index (χ3n) is 6.40. The van der Waals surface area contributed by atoms with Crippen LogP contribution in [0.1, 0.15) is 37.5 Å². The Hall–Kier alpha value is -3.64. The SMILES string of the molecule is CC(C)(C)OC(=O)Nc1nc2c(-c3cc(CCc4cccc(C(F)(F)F)c4)cn3COCC[Si](C)(C)C)nccc2[nH]1. The molecule has 0 fully saturated rings. The van der Waals surface area contributed by atoms with Crippen LogP contribution < -0.4 is 5.32 Å². The molecule has 0 atom stereocenters. The van der Waals surface area contributed by atoms with Gasteiger partial charge in [-0.3, -0.25) is 10.3 Å². The van der Waals surface area contributed by atoms with Gasteiger partial charge in [-0.2, -0.15) is 13.2 Å². The lowest BCUT2D eigenvalue weighted by atomic mass is 10.0. The maximum Gasteiger partial charge on any atom is 0.416 e. The lowest BCUT2D eigenvalue weighted by Crippen LogP contribution is -2.27. The van der Waals surface area contributed by atoms with Crippen molar-refractivity contribution in [3.05, 3.63) is 65.5 Å². The number of halogens is 3. The van der Waals surface area contributed by atoms with E-state index in [2.05, 4.69) is 39.9 Å². The Labute approximate surface area is 244 Å². The summed E-state index contributed by atoms with van der Waals surface area (Å²) in [6.45, 7) is 13.1. The summed E-state index contributed by atoms with van der Waals surface area (Å²) < 4.78 is 53.0. The Bertz CT molecular complexity index is 1530. The number of fused-ring (bicyclic) bond motifs is 1. The molecule has 0 saturated carbocycles. The molecule has 0 aliphatic carbocycles. The molecule has 12 heteroatoms. The molecule has 0 bridgehead atoms. The molecule has 4 rings (SSSR count). The van der Waals surface area contributed by atoms with Crippen LogP contribution in [0.5, 0.6) is 0 Å². The molecule has 0 saturated heterocycles. The average molecular weight is 602 g/mol. The first kappa shape index (κ1) is 31.3. The monoisotopic (exact) mass is 601 g/mol. The van der Waals surface area contributed by atoms with Crippen molar-refractivity contribution in [2.75, 3.05) is 11.9 Å². The highest BCUT2D eigenvalue weighted by Crippen LogP contribution is 2.31. The number of anilines is 1. The summed E-state index contributed by atoms with van der Waals surface area (Å²) in [4.78, 5) is 24.6. The van der Waals surface area contributed by atoms with Gasteiger partial charge >= 0.3 is 12.3 Å². The van der Waals surface area contributed by atoms with E-state index in [1.807, 2.05) is 16.8 Å². The number of imidazole rings is 1. The number of aromatic amines is 1. The normalized spacial score (nSPS) is 12.6. The third-order valence-corrected chi connectivity index (χ3v) is 8.10. The van der Waals surface area contributed by atoms with Crippen LogP contribution in [0, 0.1) is 0 Å². The number of carbonyl (C=O) groups is 1. The second-order valence-electron chi connectivity index (χ2n) is 12.5. The fraction of sp³-hybridized carbons (Fsp3) is 0.433. The van der Waals surface area contributed by atoms with Crippen LogP contribution in [0.3, 0.4) is 0 Å². The van der Waals surface area contributed by atoms with Crippen molar-refractivity contribution >= 4 is 31.1 Å². The number of H-pyrrole nitrogens is 1. The number of hydrogen-bond donors (Lipinski definition) is 2. The number of aryl methyl sites for hydroxylation is 2. The Morgan fingerprint density at radius 3 is 2.50 bits per heavy atom. The molecular formula is C30H38F3N5O3Si. The van der Waals surface area contributed by atoms with Crippen molar-refractivity contribution in [3.8, 4) is 11.4 Å². The van der Waals surface area contributed by atoms with Gasteiger partial charge in [0.15, 0.2) is 0 Å². The Morgan fingerprint density at radius 2 is 1.81 bits per heavy atom. The second-order valence-corrected chi connectivity index (χ2v) is 18.1. The predicted molar refractivity (Wildman–Crippen MR) is 160 cm³/mol. The van der Waals surface area contributed by atoms with E-state index >= 15 is 0 Å². The largest absolute Gasteiger partial charge is 0.444 e. The number of ether oxygens (including phenoxy) is 2. The van der Waals surface area contributed by atoms with Crippen LogP contribution in [0.4, 0.5) is 23.9 Å². The fourth-order valence-electron chi connectivity index (χ4n) is 4.33. The van der Waals surface area contributed by atoms with Crippen molar-refractivity contribution < 1.29 is 27.4 Å². The zero-order valence-corrected chi connectivity index (χ0v) is 25.9. The topological polar surface area (TPSA) is 94.1 Å². The first-order valence-electron chi connectivity index (χ1n) is 13.9. The molecular weight excluding hydrogens is 563 g/mol. The smallest absolute Gasteiger partial charge is 0.416 e. The first-order valence-corrected chi connectivity index (χ1v) is 17.6. The van der Waals surface area contributed by atoms with Crippen molar-refractivity contribution in [1.29, 1.82) is 0 Å². The van der Waals surface area contributed by atoms with Gasteiger partial charge in [0.1, 0.15) is 23.5 Å². The third kappa shape index (κ3) is 8.68. The highest BCUT2D eigenvalue weighted by atomic mass is 28.3. The maximum atomic E-state index is 13.2. The number of amides is 1. The molecule has 3 heterocycles. The summed E-state index contributed by atoms with van der Waals surface area (Å²) in [5.41, 5.74) is 2.78. The summed E-state index contributed by atoms with van der Waals surface area (Å²) in [5.74, 6) is 0.225. The van der Waals surface area contributed by atoms with Gasteiger partial charge in [0, 0.05) is 27.1 Å². The molecule has 1 aromatic carbocycles. The summed E-state index contributed by atoms with van der Waals surface area (Å²) in [5, 5.41) is 2.63. The number of hydrogen-bond acceptors (Lipinski definition) is 5. The molecule has 0 unspecified atom stereocenters. The zero-order valence-electron chi connectivity index (χ0n) is 24.9. The van der Waals surface area contributed by atoms with E-state index in [0.29, 0.717) is 41.7 Å². The van der Waals surface area contributed by atoms with Crippen molar-refractivity contribution in [2.45, 2.75) is 77.8 Å². The molecule has 3 aromatic heterocycles. The predicted octanol–water partition coefficient (Wildman–Crippen LogP) is 7.89. The molecule has 0 spiro atoms. The number of pyridine rings is 1. The van der Waals surface area contributed by atoms with Crippen LogP contribution in [0.2, 0.25) is 25.7 Å². The van der Waals surface area contributed by atoms with E-state index in [4.69, 9.17) is 9.47 Å². The van der Waals surface area contributed by atoms with Crippen molar-refractivity contribution in [2.24, 2.45) is 0 Å². The number of aromatic nitrogens is 4. The van der Waals surface area contributed by atoms with E-state index in [9.17, 15) is 18.0 Å².